The Morgan fingerprint density at radius 1 is 1.30 bits per heavy atom. The molecule has 106 valence electrons. The average molecular weight is 285 g/mol. The highest BCUT2D eigenvalue weighted by atomic mass is 19.4. The van der Waals surface area contributed by atoms with Gasteiger partial charge in [-0.05, 0) is 24.3 Å². The Hall–Kier alpha value is -2.38. The van der Waals surface area contributed by atoms with Crippen LogP contribution in [-0.4, -0.2) is 22.6 Å². The molecule has 0 unspecified atom stereocenters. The zero-order chi connectivity index (χ0) is 14.8. The number of nitro benzene ring substituents is 1. The molecule has 8 heteroatoms. The minimum atomic E-state index is -4.31. The number of alkyl halides is 3. The molecule has 1 aromatic heterocycles. The highest BCUT2D eigenvalue weighted by Gasteiger charge is 2.27. The molecule has 0 amide bonds. The normalized spacial score (nSPS) is 11.6. The third kappa shape index (κ3) is 3.14. The number of anilines is 1. The van der Waals surface area contributed by atoms with Gasteiger partial charge in [0.15, 0.2) is 0 Å². The summed E-state index contributed by atoms with van der Waals surface area (Å²) in [7, 11) is 0. The zero-order valence-corrected chi connectivity index (χ0v) is 10.1. The average Bonchev–Trinajstić information content (AvgIpc) is 2.36. The van der Waals surface area contributed by atoms with Crippen molar-refractivity contribution < 1.29 is 18.1 Å². The number of nitrogens with zero attached hydrogens (tertiary/aromatic N) is 2. The number of nitrogens with one attached hydrogen (secondary N) is 1. The first-order valence-corrected chi connectivity index (χ1v) is 5.71. The summed E-state index contributed by atoms with van der Waals surface area (Å²) in [6, 6.07) is 5.94. The van der Waals surface area contributed by atoms with Gasteiger partial charge >= 0.3 is 11.9 Å². The Balaban J connectivity index is 2.33. The number of nitro groups is 1. The Morgan fingerprint density at radius 2 is 2.05 bits per heavy atom. The summed E-state index contributed by atoms with van der Waals surface area (Å²) in [6.07, 6.45) is -3.88. The van der Waals surface area contributed by atoms with Crippen molar-refractivity contribution in [3.63, 3.8) is 0 Å². The second kappa shape index (κ2) is 5.32. The standard InChI is InChI=1S/C12H10F3N3O2/c13-12(14,15)5-7-17-10-4-3-9-8(2-1-6-16-9)11(10)18(19)20/h1-4,6,17H,5,7H2. The van der Waals surface area contributed by atoms with Crippen molar-refractivity contribution in [2.75, 3.05) is 11.9 Å². The van der Waals surface area contributed by atoms with Gasteiger partial charge in [0, 0.05) is 12.7 Å². The minimum Gasteiger partial charge on any atom is -0.379 e. The minimum absolute atomic E-state index is 0.0553. The number of benzene rings is 1. The van der Waals surface area contributed by atoms with Crippen molar-refractivity contribution in [3.05, 3.63) is 40.6 Å². The Labute approximate surface area is 111 Å². The topological polar surface area (TPSA) is 68.1 Å². The predicted molar refractivity (Wildman–Crippen MR) is 67.6 cm³/mol. The van der Waals surface area contributed by atoms with Crippen LogP contribution in [0.3, 0.4) is 0 Å². The van der Waals surface area contributed by atoms with E-state index in [2.05, 4.69) is 10.3 Å². The van der Waals surface area contributed by atoms with E-state index in [1.54, 1.807) is 0 Å². The molecule has 0 fully saturated rings. The summed E-state index contributed by atoms with van der Waals surface area (Å²) < 4.78 is 36.3. The van der Waals surface area contributed by atoms with E-state index in [0.29, 0.717) is 5.52 Å². The molecule has 1 heterocycles. The lowest BCUT2D eigenvalue weighted by molar-refractivity contribution is -0.382. The van der Waals surface area contributed by atoms with E-state index in [-0.39, 0.29) is 16.8 Å². The number of fused-ring (bicyclic) bond motifs is 1. The van der Waals surface area contributed by atoms with Gasteiger partial charge in [-0.15, -0.1) is 0 Å². The summed E-state index contributed by atoms with van der Waals surface area (Å²) in [5, 5.41) is 13.9. The summed E-state index contributed by atoms with van der Waals surface area (Å²) in [4.78, 5) is 14.5. The molecule has 2 aromatic rings. The maximum Gasteiger partial charge on any atom is 0.390 e. The maximum absolute atomic E-state index is 12.1. The fraction of sp³-hybridized carbons (Fsp3) is 0.250. The van der Waals surface area contributed by atoms with E-state index in [9.17, 15) is 23.3 Å². The second-order valence-electron chi connectivity index (χ2n) is 4.08. The van der Waals surface area contributed by atoms with Crippen LogP contribution in [0.1, 0.15) is 6.42 Å². The lowest BCUT2D eigenvalue weighted by Crippen LogP contribution is -2.15. The third-order valence-electron chi connectivity index (χ3n) is 2.66. The van der Waals surface area contributed by atoms with E-state index in [1.807, 2.05) is 0 Å². The van der Waals surface area contributed by atoms with Gasteiger partial charge in [0.1, 0.15) is 5.69 Å². The van der Waals surface area contributed by atoms with Crippen molar-refractivity contribution in [1.82, 2.24) is 4.98 Å². The smallest absolute Gasteiger partial charge is 0.379 e. The SMILES string of the molecule is O=[N+]([O-])c1c(NCCC(F)(F)F)ccc2ncccc12. The van der Waals surface area contributed by atoms with E-state index < -0.39 is 24.1 Å². The molecule has 0 aliphatic heterocycles. The Kier molecular flexibility index (Phi) is 3.73. The first kappa shape index (κ1) is 14.0. The molecule has 0 saturated carbocycles. The number of hydrogen-bond acceptors (Lipinski definition) is 4. The van der Waals surface area contributed by atoms with E-state index in [4.69, 9.17) is 0 Å². The van der Waals surface area contributed by atoms with Crippen LogP contribution in [0, 0.1) is 10.1 Å². The summed E-state index contributed by atoms with van der Waals surface area (Å²) in [6.45, 7) is -0.421. The van der Waals surface area contributed by atoms with Crippen molar-refractivity contribution >= 4 is 22.3 Å². The van der Waals surface area contributed by atoms with Crippen LogP contribution < -0.4 is 5.32 Å². The maximum atomic E-state index is 12.1. The largest absolute Gasteiger partial charge is 0.390 e. The quantitative estimate of drug-likeness (QED) is 0.689. The fourth-order valence-electron chi connectivity index (χ4n) is 1.82. The highest BCUT2D eigenvalue weighted by molar-refractivity contribution is 5.94. The molecule has 5 nitrogen and oxygen atoms in total. The summed E-state index contributed by atoms with van der Waals surface area (Å²) in [5.74, 6) is 0. The van der Waals surface area contributed by atoms with Crippen LogP contribution in [0.5, 0.6) is 0 Å². The Morgan fingerprint density at radius 3 is 2.70 bits per heavy atom. The van der Waals surface area contributed by atoms with Crippen molar-refractivity contribution in [2.24, 2.45) is 0 Å². The van der Waals surface area contributed by atoms with Crippen molar-refractivity contribution in [3.8, 4) is 0 Å². The Bertz CT molecular complexity index is 643. The molecule has 0 atom stereocenters. The zero-order valence-electron chi connectivity index (χ0n) is 10.1. The molecule has 1 aromatic carbocycles. The van der Waals surface area contributed by atoms with Gasteiger partial charge in [-0.25, -0.2) is 0 Å². The van der Waals surface area contributed by atoms with Gasteiger partial charge in [0.05, 0.1) is 22.2 Å². The number of aromatic nitrogens is 1. The van der Waals surface area contributed by atoms with Gasteiger partial charge in [0.2, 0.25) is 0 Å². The van der Waals surface area contributed by atoms with Crippen LogP contribution >= 0.6 is 0 Å². The summed E-state index contributed by atoms with van der Waals surface area (Å²) in [5.41, 5.74) is 0.207. The molecule has 0 bridgehead atoms. The van der Waals surface area contributed by atoms with Crippen LogP contribution in [0.15, 0.2) is 30.5 Å². The fourth-order valence-corrected chi connectivity index (χ4v) is 1.82. The highest BCUT2D eigenvalue weighted by Crippen LogP contribution is 2.32. The van der Waals surface area contributed by atoms with Crippen molar-refractivity contribution in [1.29, 1.82) is 0 Å². The summed E-state index contributed by atoms with van der Waals surface area (Å²) >= 11 is 0. The van der Waals surface area contributed by atoms with E-state index in [0.717, 1.165) is 0 Å². The monoisotopic (exact) mass is 285 g/mol. The van der Waals surface area contributed by atoms with E-state index in [1.165, 1.54) is 30.5 Å². The van der Waals surface area contributed by atoms with Crippen LogP contribution in [-0.2, 0) is 0 Å². The molecule has 0 spiro atoms. The van der Waals surface area contributed by atoms with Gasteiger partial charge in [-0.2, -0.15) is 13.2 Å². The van der Waals surface area contributed by atoms with Gasteiger partial charge in [0.25, 0.3) is 0 Å². The first-order valence-electron chi connectivity index (χ1n) is 5.71. The number of pyridine rings is 1. The van der Waals surface area contributed by atoms with Gasteiger partial charge < -0.3 is 5.32 Å². The molecule has 0 radical (unpaired) electrons. The predicted octanol–water partition coefficient (Wildman–Crippen LogP) is 3.51. The number of hydrogen-bond donors (Lipinski definition) is 1. The van der Waals surface area contributed by atoms with E-state index >= 15 is 0 Å². The lowest BCUT2D eigenvalue weighted by Gasteiger charge is -2.10. The second-order valence-corrected chi connectivity index (χ2v) is 4.08. The molecule has 1 N–H and O–H groups in total. The molecule has 0 saturated heterocycles. The van der Waals surface area contributed by atoms with Crippen LogP contribution in [0.2, 0.25) is 0 Å². The number of rotatable bonds is 4. The van der Waals surface area contributed by atoms with Crippen molar-refractivity contribution in [2.45, 2.75) is 12.6 Å². The molecule has 0 aliphatic carbocycles. The molecule has 0 aliphatic rings. The molecular formula is C12H10F3N3O2. The molecule has 2 rings (SSSR count). The lowest BCUT2D eigenvalue weighted by atomic mass is 10.1. The molecular weight excluding hydrogens is 275 g/mol. The van der Waals surface area contributed by atoms with Gasteiger partial charge in [-0.3, -0.25) is 15.1 Å². The third-order valence-corrected chi connectivity index (χ3v) is 2.66. The van der Waals surface area contributed by atoms with Crippen LogP contribution in [0.4, 0.5) is 24.5 Å². The van der Waals surface area contributed by atoms with Gasteiger partial charge in [-0.1, -0.05) is 0 Å². The first-order chi connectivity index (χ1) is 9.38. The number of halogens is 3. The van der Waals surface area contributed by atoms with Crippen LogP contribution in [0.25, 0.3) is 10.9 Å². The molecule has 20 heavy (non-hydrogen) atoms.